The summed E-state index contributed by atoms with van der Waals surface area (Å²) in [5.41, 5.74) is 1.95. The molecule has 1 aromatic carbocycles. The zero-order valence-electron chi connectivity index (χ0n) is 10.4. The first-order valence-electron chi connectivity index (χ1n) is 5.67. The van der Waals surface area contributed by atoms with Crippen LogP contribution in [0, 0.1) is 6.92 Å². The highest BCUT2D eigenvalue weighted by atomic mass is 35.5. The summed E-state index contributed by atoms with van der Waals surface area (Å²) in [4.78, 5) is 22.0. The highest BCUT2D eigenvalue weighted by Gasteiger charge is 2.13. The molecule has 0 saturated carbocycles. The highest BCUT2D eigenvalue weighted by Crippen LogP contribution is 2.17. The Bertz CT molecular complexity index is 460. The van der Waals surface area contributed by atoms with E-state index in [0.29, 0.717) is 11.4 Å². The molecule has 0 radical (unpaired) electrons. The third kappa shape index (κ3) is 4.37. The van der Waals surface area contributed by atoms with Gasteiger partial charge in [-0.2, -0.15) is 0 Å². The smallest absolute Gasteiger partial charge is 0.325 e. The third-order valence-corrected chi connectivity index (χ3v) is 3.03. The number of rotatable bonds is 5. The second-order valence-corrected chi connectivity index (χ2v) is 4.62. The van der Waals surface area contributed by atoms with Crippen molar-refractivity contribution in [2.75, 3.05) is 0 Å². The summed E-state index contributed by atoms with van der Waals surface area (Å²) in [6.45, 7) is 3.34. The number of halogens is 1. The fourth-order valence-electron chi connectivity index (χ4n) is 1.43. The van der Waals surface area contributed by atoms with E-state index in [0.717, 1.165) is 11.1 Å². The number of carbonyl (C=O) groups is 2. The Morgan fingerprint density at radius 3 is 2.67 bits per heavy atom. The molecule has 0 fully saturated rings. The molecule has 0 aliphatic heterocycles. The van der Waals surface area contributed by atoms with Crippen molar-refractivity contribution in [2.24, 2.45) is 0 Å². The van der Waals surface area contributed by atoms with Crippen molar-refractivity contribution < 1.29 is 14.7 Å². The van der Waals surface area contributed by atoms with Crippen LogP contribution in [0.15, 0.2) is 18.2 Å². The van der Waals surface area contributed by atoms with Crippen LogP contribution >= 0.6 is 11.6 Å². The van der Waals surface area contributed by atoms with Gasteiger partial charge in [-0.3, -0.25) is 9.59 Å². The van der Waals surface area contributed by atoms with Crippen molar-refractivity contribution in [2.45, 2.75) is 32.7 Å². The summed E-state index contributed by atoms with van der Waals surface area (Å²) >= 11 is 5.98. The van der Waals surface area contributed by atoms with E-state index in [1.807, 2.05) is 25.1 Å². The predicted molar refractivity (Wildman–Crippen MR) is 69.8 cm³/mol. The van der Waals surface area contributed by atoms with Crippen molar-refractivity contribution >= 4 is 23.5 Å². The van der Waals surface area contributed by atoms with E-state index in [-0.39, 0.29) is 12.3 Å². The number of amides is 1. The van der Waals surface area contributed by atoms with Gasteiger partial charge >= 0.3 is 5.97 Å². The summed E-state index contributed by atoms with van der Waals surface area (Å²) < 4.78 is 0. The van der Waals surface area contributed by atoms with Crippen LogP contribution in [0.1, 0.15) is 24.5 Å². The number of hydrogen-bond donors (Lipinski definition) is 2. The fourth-order valence-corrected chi connectivity index (χ4v) is 1.63. The second kappa shape index (κ2) is 6.40. The maximum Gasteiger partial charge on any atom is 0.325 e. The lowest BCUT2D eigenvalue weighted by atomic mass is 10.1. The lowest BCUT2D eigenvalue weighted by Gasteiger charge is -2.09. The van der Waals surface area contributed by atoms with E-state index in [1.54, 1.807) is 0 Å². The van der Waals surface area contributed by atoms with E-state index in [1.165, 1.54) is 6.92 Å². The molecule has 0 spiro atoms. The normalized spacial score (nSPS) is 11.9. The molecule has 0 aliphatic rings. The molecular formula is C13H16ClNO3. The monoisotopic (exact) mass is 269 g/mol. The van der Waals surface area contributed by atoms with Crippen molar-refractivity contribution in [3.63, 3.8) is 0 Å². The first-order valence-corrected chi connectivity index (χ1v) is 6.05. The Balaban J connectivity index is 2.47. The van der Waals surface area contributed by atoms with Gasteiger partial charge in [-0.15, -0.1) is 0 Å². The van der Waals surface area contributed by atoms with Crippen LogP contribution in [-0.2, 0) is 16.0 Å². The summed E-state index contributed by atoms with van der Waals surface area (Å²) in [6, 6.07) is 4.77. The van der Waals surface area contributed by atoms with Gasteiger partial charge in [0, 0.05) is 11.4 Å². The molecule has 1 aromatic rings. The van der Waals surface area contributed by atoms with Crippen LogP contribution in [-0.4, -0.2) is 23.0 Å². The maximum absolute atomic E-state index is 11.5. The van der Waals surface area contributed by atoms with Crippen LogP contribution in [0.3, 0.4) is 0 Å². The minimum Gasteiger partial charge on any atom is -0.480 e. The van der Waals surface area contributed by atoms with Crippen molar-refractivity contribution in [1.29, 1.82) is 0 Å². The van der Waals surface area contributed by atoms with Gasteiger partial charge in [-0.1, -0.05) is 23.7 Å². The van der Waals surface area contributed by atoms with Crippen LogP contribution in [0.25, 0.3) is 0 Å². The minimum atomic E-state index is -1.04. The Morgan fingerprint density at radius 2 is 2.11 bits per heavy atom. The zero-order chi connectivity index (χ0) is 13.7. The summed E-state index contributed by atoms with van der Waals surface area (Å²) in [5, 5.41) is 11.7. The first-order chi connectivity index (χ1) is 8.40. The Hall–Kier alpha value is -1.55. The SMILES string of the molecule is Cc1ccc(CCC(=O)N[C@@H](C)C(=O)O)cc1Cl. The number of aryl methyl sites for hydroxylation is 2. The van der Waals surface area contributed by atoms with Crippen LogP contribution in [0.4, 0.5) is 0 Å². The fraction of sp³-hybridized carbons (Fsp3) is 0.385. The molecule has 0 heterocycles. The lowest BCUT2D eigenvalue weighted by molar-refractivity contribution is -0.141. The zero-order valence-corrected chi connectivity index (χ0v) is 11.1. The van der Waals surface area contributed by atoms with Crippen LogP contribution in [0.5, 0.6) is 0 Å². The molecule has 1 rings (SSSR count). The van der Waals surface area contributed by atoms with Gasteiger partial charge in [0.25, 0.3) is 0 Å². The van der Waals surface area contributed by atoms with Gasteiger partial charge in [0.2, 0.25) is 5.91 Å². The molecule has 1 atom stereocenters. The molecule has 2 N–H and O–H groups in total. The maximum atomic E-state index is 11.5. The molecule has 0 aromatic heterocycles. The van der Waals surface area contributed by atoms with Gasteiger partial charge in [0.05, 0.1) is 0 Å². The predicted octanol–water partition coefficient (Wildman–Crippen LogP) is 2.17. The number of aliphatic carboxylic acids is 1. The molecule has 0 saturated heterocycles. The molecular weight excluding hydrogens is 254 g/mol. The molecule has 4 nitrogen and oxygen atoms in total. The third-order valence-electron chi connectivity index (χ3n) is 2.62. The Kier molecular flexibility index (Phi) is 5.16. The lowest BCUT2D eigenvalue weighted by Crippen LogP contribution is -2.38. The second-order valence-electron chi connectivity index (χ2n) is 4.21. The van der Waals surface area contributed by atoms with E-state index in [2.05, 4.69) is 5.32 Å². The quantitative estimate of drug-likeness (QED) is 0.861. The molecule has 18 heavy (non-hydrogen) atoms. The van der Waals surface area contributed by atoms with Crippen molar-refractivity contribution in [1.82, 2.24) is 5.32 Å². The van der Waals surface area contributed by atoms with E-state index >= 15 is 0 Å². The number of carboxylic acids is 1. The summed E-state index contributed by atoms with van der Waals surface area (Å²) in [5.74, 6) is -1.32. The van der Waals surface area contributed by atoms with Gasteiger partial charge in [0.1, 0.15) is 6.04 Å². The van der Waals surface area contributed by atoms with E-state index in [4.69, 9.17) is 16.7 Å². The van der Waals surface area contributed by atoms with E-state index < -0.39 is 12.0 Å². The van der Waals surface area contributed by atoms with Crippen LogP contribution < -0.4 is 5.32 Å². The first kappa shape index (κ1) is 14.5. The highest BCUT2D eigenvalue weighted by molar-refractivity contribution is 6.31. The Morgan fingerprint density at radius 1 is 1.44 bits per heavy atom. The number of hydrogen-bond acceptors (Lipinski definition) is 2. The standard InChI is InChI=1S/C13H16ClNO3/c1-8-3-4-10(7-11(8)14)5-6-12(16)15-9(2)13(17)18/h3-4,7,9H,5-6H2,1-2H3,(H,15,16)(H,17,18)/t9-/m0/s1. The molecule has 98 valence electrons. The van der Waals surface area contributed by atoms with E-state index in [9.17, 15) is 9.59 Å². The number of carboxylic acid groups (broad SMARTS) is 1. The van der Waals surface area contributed by atoms with Crippen molar-refractivity contribution in [3.8, 4) is 0 Å². The molecule has 5 heteroatoms. The minimum absolute atomic E-state index is 0.247. The number of carbonyl (C=O) groups excluding carboxylic acids is 1. The van der Waals surface area contributed by atoms with Gasteiger partial charge in [-0.25, -0.2) is 0 Å². The molecule has 0 aliphatic carbocycles. The number of nitrogens with one attached hydrogen (secondary N) is 1. The Labute approximate surface area is 111 Å². The summed E-state index contributed by atoms with van der Waals surface area (Å²) in [6.07, 6.45) is 0.787. The van der Waals surface area contributed by atoms with Gasteiger partial charge < -0.3 is 10.4 Å². The van der Waals surface area contributed by atoms with Gasteiger partial charge in [-0.05, 0) is 37.5 Å². The van der Waals surface area contributed by atoms with Crippen LogP contribution in [0.2, 0.25) is 5.02 Å². The summed E-state index contributed by atoms with van der Waals surface area (Å²) in [7, 11) is 0. The largest absolute Gasteiger partial charge is 0.480 e. The van der Waals surface area contributed by atoms with Crippen molar-refractivity contribution in [3.05, 3.63) is 34.3 Å². The van der Waals surface area contributed by atoms with Gasteiger partial charge in [0.15, 0.2) is 0 Å². The average Bonchev–Trinajstić information content (AvgIpc) is 2.30. The molecule has 0 unspecified atom stereocenters. The molecule has 0 bridgehead atoms. The number of benzene rings is 1. The molecule has 1 amide bonds. The average molecular weight is 270 g/mol. The topological polar surface area (TPSA) is 66.4 Å².